The van der Waals surface area contributed by atoms with Crippen LogP contribution in [0.15, 0.2) is 48.5 Å². The number of nitro benzene ring substituents is 1. The van der Waals surface area contributed by atoms with E-state index >= 15 is 0 Å². The first kappa shape index (κ1) is 12.1. The number of hydrogen-bond acceptors (Lipinski definition) is 3. The van der Waals surface area contributed by atoms with Gasteiger partial charge in [-0.25, -0.2) is 0 Å². The molecular weight excluding hydrogens is 228 g/mol. The van der Waals surface area contributed by atoms with Crippen LogP contribution in [0.1, 0.15) is 11.1 Å². The van der Waals surface area contributed by atoms with Gasteiger partial charge in [0.05, 0.1) is 4.92 Å². The molecule has 1 N–H and O–H groups in total. The Morgan fingerprint density at radius 1 is 1.17 bits per heavy atom. The maximum absolute atomic E-state index is 10.5. The minimum Gasteiger partial charge on any atom is -0.381 e. The van der Waals surface area contributed by atoms with Gasteiger partial charge in [0.1, 0.15) is 0 Å². The van der Waals surface area contributed by atoms with Crippen molar-refractivity contribution in [2.24, 2.45) is 0 Å². The minimum absolute atomic E-state index is 0.120. The van der Waals surface area contributed by atoms with E-state index in [-0.39, 0.29) is 5.69 Å². The van der Waals surface area contributed by atoms with Crippen molar-refractivity contribution in [2.75, 3.05) is 5.32 Å². The second kappa shape index (κ2) is 5.31. The minimum atomic E-state index is -0.391. The lowest BCUT2D eigenvalue weighted by Gasteiger charge is -2.07. The van der Waals surface area contributed by atoms with Gasteiger partial charge in [-0.15, -0.1) is 0 Å². The number of benzene rings is 2. The van der Waals surface area contributed by atoms with Crippen LogP contribution < -0.4 is 5.32 Å². The van der Waals surface area contributed by atoms with Gasteiger partial charge in [0.15, 0.2) is 0 Å². The highest BCUT2D eigenvalue weighted by Crippen LogP contribution is 2.14. The molecule has 0 amide bonds. The summed E-state index contributed by atoms with van der Waals surface area (Å²) in [4.78, 5) is 10.1. The third kappa shape index (κ3) is 3.07. The Bertz CT molecular complexity index is 550. The summed E-state index contributed by atoms with van der Waals surface area (Å²) in [6.45, 7) is 2.69. The molecule has 0 fully saturated rings. The van der Waals surface area contributed by atoms with E-state index in [9.17, 15) is 10.1 Å². The predicted molar refractivity (Wildman–Crippen MR) is 71.6 cm³/mol. The SMILES string of the molecule is Cc1cccc(NCc2ccc([N+](=O)[O-])cc2)c1. The number of anilines is 1. The van der Waals surface area contributed by atoms with Gasteiger partial charge in [0.2, 0.25) is 0 Å². The Balaban J connectivity index is 2.00. The standard InChI is InChI=1S/C14H14N2O2/c1-11-3-2-4-13(9-11)15-10-12-5-7-14(8-6-12)16(17)18/h2-9,15H,10H2,1H3. The van der Waals surface area contributed by atoms with Gasteiger partial charge >= 0.3 is 0 Å². The molecule has 0 atom stereocenters. The molecule has 2 aromatic carbocycles. The largest absolute Gasteiger partial charge is 0.381 e. The fourth-order valence-electron chi connectivity index (χ4n) is 1.69. The summed E-state index contributed by atoms with van der Waals surface area (Å²) in [5.41, 5.74) is 3.38. The first-order chi connectivity index (χ1) is 8.65. The maximum Gasteiger partial charge on any atom is 0.269 e. The zero-order chi connectivity index (χ0) is 13.0. The molecule has 0 aliphatic rings. The van der Waals surface area contributed by atoms with Gasteiger partial charge in [-0.1, -0.05) is 24.3 Å². The summed E-state index contributed by atoms with van der Waals surface area (Å²) in [5, 5.41) is 13.8. The van der Waals surface area contributed by atoms with Gasteiger partial charge in [-0.05, 0) is 30.2 Å². The second-order valence-electron chi connectivity index (χ2n) is 4.15. The van der Waals surface area contributed by atoms with Crippen LogP contribution >= 0.6 is 0 Å². The molecule has 0 spiro atoms. The average Bonchev–Trinajstić information content (AvgIpc) is 2.37. The quantitative estimate of drug-likeness (QED) is 0.659. The number of nitrogens with zero attached hydrogens (tertiary/aromatic N) is 1. The molecule has 0 heterocycles. The van der Waals surface area contributed by atoms with Crippen molar-refractivity contribution >= 4 is 11.4 Å². The van der Waals surface area contributed by atoms with Crippen molar-refractivity contribution < 1.29 is 4.92 Å². The highest BCUT2D eigenvalue weighted by Gasteiger charge is 2.03. The van der Waals surface area contributed by atoms with Crippen LogP contribution in [0.3, 0.4) is 0 Å². The van der Waals surface area contributed by atoms with Gasteiger partial charge in [0.25, 0.3) is 5.69 Å². The first-order valence-electron chi connectivity index (χ1n) is 5.69. The lowest BCUT2D eigenvalue weighted by Crippen LogP contribution is -1.99. The summed E-state index contributed by atoms with van der Waals surface area (Å²) in [6, 6.07) is 14.7. The van der Waals surface area contributed by atoms with Gasteiger partial charge in [-0.2, -0.15) is 0 Å². The van der Waals surface area contributed by atoms with E-state index in [1.54, 1.807) is 12.1 Å². The van der Waals surface area contributed by atoms with Crippen molar-refractivity contribution in [2.45, 2.75) is 13.5 Å². The number of aryl methyl sites for hydroxylation is 1. The van der Waals surface area contributed by atoms with Crippen LogP contribution in [-0.2, 0) is 6.54 Å². The summed E-state index contributed by atoms with van der Waals surface area (Å²) in [7, 11) is 0. The summed E-state index contributed by atoms with van der Waals surface area (Å²) in [6.07, 6.45) is 0. The Morgan fingerprint density at radius 2 is 1.89 bits per heavy atom. The van der Waals surface area contributed by atoms with Gasteiger partial charge in [-0.3, -0.25) is 10.1 Å². The summed E-state index contributed by atoms with van der Waals surface area (Å²) >= 11 is 0. The van der Waals surface area contributed by atoms with Crippen molar-refractivity contribution in [3.05, 3.63) is 69.8 Å². The number of rotatable bonds is 4. The van der Waals surface area contributed by atoms with Gasteiger partial charge in [0, 0.05) is 24.4 Å². The normalized spacial score (nSPS) is 10.1. The Morgan fingerprint density at radius 3 is 2.50 bits per heavy atom. The van der Waals surface area contributed by atoms with Crippen molar-refractivity contribution in [1.29, 1.82) is 0 Å². The number of nitrogens with one attached hydrogen (secondary N) is 1. The fraction of sp³-hybridized carbons (Fsp3) is 0.143. The second-order valence-corrected chi connectivity index (χ2v) is 4.15. The molecule has 0 unspecified atom stereocenters. The predicted octanol–water partition coefficient (Wildman–Crippen LogP) is 3.52. The Labute approximate surface area is 105 Å². The lowest BCUT2D eigenvalue weighted by molar-refractivity contribution is -0.384. The number of non-ortho nitro benzene ring substituents is 1. The van der Waals surface area contributed by atoms with Crippen LogP contribution in [0.2, 0.25) is 0 Å². The van der Waals surface area contributed by atoms with Crippen molar-refractivity contribution in [3.8, 4) is 0 Å². The lowest BCUT2D eigenvalue weighted by atomic mass is 10.2. The number of hydrogen-bond donors (Lipinski definition) is 1. The van der Waals surface area contributed by atoms with Crippen molar-refractivity contribution in [3.63, 3.8) is 0 Å². The molecule has 4 nitrogen and oxygen atoms in total. The smallest absolute Gasteiger partial charge is 0.269 e. The molecule has 2 rings (SSSR count). The van der Waals surface area contributed by atoms with E-state index in [1.807, 2.05) is 25.1 Å². The van der Waals surface area contributed by atoms with E-state index in [0.29, 0.717) is 6.54 Å². The van der Waals surface area contributed by atoms with E-state index in [0.717, 1.165) is 11.3 Å². The van der Waals surface area contributed by atoms with Crippen LogP contribution in [0.5, 0.6) is 0 Å². The monoisotopic (exact) mass is 242 g/mol. The molecule has 0 bridgehead atoms. The van der Waals surface area contributed by atoms with Crippen molar-refractivity contribution in [1.82, 2.24) is 0 Å². The molecule has 4 heteroatoms. The molecule has 0 saturated heterocycles. The molecule has 0 aliphatic heterocycles. The third-order valence-electron chi connectivity index (χ3n) is 2.66. The zero-order valence-electron chi connectivity index (χ0n) is 10.1. The fourth-order valence-corrected chi connectivity index (χ4v) is 1.69. The third-order valence-corrected chi connectivity index (χ3v) is 2.66. The zero-order valence-corrected chi connectivity index (χ0v) is 10.1. The van der Waals surface area contributed by atoms with Crippen LogP contribution in [-0.4, -0.2) is 4.92 Å². The average molecular weight is 242 g/mol. The topological polar surface area (TPSA) is 55.2 Å². The molecule has 0 aliphatic carbocycles. The van der Waals surface area contributed by atoms with Gasteiger partial charge < -0.3 is 5.32 Å². The molecule has 2 aromatic rings. The molecule has 0 saturated carbocycles. The molecular formula is C14H14N2O2. The molecule has 18 heavy (non-hydrogen) atoms. The first-order valence-corrected chi connectivity index (χ1v) is 5.69. The van der Waals surface area contributed by atoms with E-state index < -0.39 is 4.92 Å². The van der Waals surface area contributed by atoms with Crippen LogP contribution in [0.25, 0.3) is 0 Å². The Hall–Kier alpha value is -2.36. The Kier molecular flexibility index (Phi) is 3.57. The molecule has 0 radical (unpaired) electrons. The van der Waals surface area contributed by atoms with E-state index in [4.69, 9.17) is 0 Å². The molecule has 92 valence electrons. The van der Waals surface area contributed by atoms with Crippen LogP contribution in [0, 0.1) is 17.0 Å². The van der Waals surface area contributed by atoms with E-state index in [2.05, 4.69) is 11.4 Å². The number of nitro groups is 1. The highest BCUT2D eigenvalue weighted by atomic mass is 16.6. The maximum atomic E-state index is 10.5. The van der Waals surface area contributed by atoms with Crippen LogP contribution in [0.4, 0.5) is 11.4 Å². The van der Waals surface area contributed by atoms with E-state index in [1.165, 1.54) is 17.7 Å². The highest BCUT2D eigenvalue weighted by molar-refractivity contribution is 5.46. The summed E-state index contributed by atoms with van der Waals surface area (Å²) in [5.74, 6) is 0. The summed E-state index contributed by atoms with van der Waals surface area (Å²) < 4.78 is 0. The molecule has 0 aromatic heterocycles.